The number of carbonyl (C=O) groups is 1. The van der Waals surface area contributed by atoms with Crippen LogP contribution in [0.1, 0.15) is 32.3 Å². The highest BCUT2D eigenvalue weighted by Gasteiger charge is 2.34. The van der Waals surface area contributed by atoms with E-state index in [9.17, 15) is 4.79 Å². The SMILES string of the molecule is CC(C)(Cc1cccc(Cl)c1)C(=O)N1CCCC(N)C1. The number of likely N-dealkylation sites (tertiary alicyclic amines) is 1. The lowest BCUT2D eigenvalue weighted by Gasteiger charge is -2.36. The molecule has 1 aromatic rings. The number of halogens is 1. The molecule has 1 aromatic carbocycles. The number of nitrogens with zero attached hydrogens (tertiary/aromatic N) is 1. The van der Waals surface area contributed by atoms with Crippen molar-refractivity contribution >= 4 is 17.5 Å². The number of benzene rings is 1. The summed E-state index contributed by atoms with van der Waals surface area (Å²) in [5, 5.41) is 0.714. The molecule has 2 rings (SSSR count). The van der Waals surface area contributed by atoms with Gasteiger partial charge in [-0.05, 0) is 37.0 Å². The summed E-state index contributed by atoms with van der Waals surface area (Å²) in [7, 11) is 0. The minimum absolute atomic E-state index is 0.120. The van der Waals surface area contributed by atoms with Crippen LogP contribution in [0.15, 0.2) is 24.3 Å². The van der Waals surface area contributed by atoms with Crippen LogP contribution in [-0.4, -0.2) is 29.9 Å². The molecule has 110 valence electrons. The van der Waals surface area contributed by atoms with E-state index >= 15 is 0 Å². The molecule has 0 saturated carbocycles. The van der Waals surface area contributed by atoms with E-state index in [0.717, 1.165) is 24.9 Å². The third-order valence-electron chi connectivity index (χ3n) is 3.86. The van der Waals surface area contributed by atoms with Crippen LogP contribution >= 0.6 is 11.6 Å². The molecule has 20 heavy (non-hydrogen) atoms. The summed E-state index contributed by atoms with van der Waals surface area (Å²) in [6.45, 7) is 5.50. The van der Waals surface area contributed by atoms with Crippen LogP contribution in [0.25, 0.3) is 0 Å². The minimum Gasteiger partial charge on any atom is -0.341 e. The maximum absolute atomic E-state index is 12.7. The lowest BCUT2D eigenvalue weighted by Crippen LogP contribution is -2.50. The third-order valence-corrected chi connectivity index (χ3v) is 4.09. The zero-order valence-corrected chi connectivity index (χ0v) is 13.0. The lowest BCUT2D eigenvalue weighted by atomic mass is 9.83. The van der Waals surface area contributed by atoms with Crippen molar-refractivity contribution < 1.29 is 4.79 Å². The molecule has 1 atom stereocenters. The maximum Gasteiger partial charge on any atom is 0.228 e. The number of rotatable bonds is 3. The van der Waals surface area contributed by atoms with Crippen LogP contribution in [0.5, 0.6) is 0 Å². The largest absolute Gasteiger partial charge is 0.341 e. The monoisotopic (exact) mass is 294 g/mol. The zero-order valence-electron chi connectivity index (χ0n) is 12.2. The fourth-order valence-electron chi connectivity index (χ4n) is 2.86. The van der Waals surface area contributed by atoms with E-state index in [1.807, 2.05) is 43.0 Å². The van der Waals surface area contributed by atoms with Crippen molar-refractivity contribution in [2.24, 2.45) is 11.1 Å². The van der Waals surface area contributed by atoms with E-state index in [0.29, 0.717) is 18.0 Å². The van der Waals surface area contributed by atoms with Crippen molar-refractivity contribution in [2.45, 2.75) is 39.2 Å². The highest BCUT2D eigenvalue weighted by Crippen LogP contribution is 2.27. The van der Waals surface area contributed by atoms with Gasteiger partial charge in [0, 0.05) is 29.6 Å². The highest BCUT2D eigenvalue weighted by atomic mass is 35.5. The van der Waals surface area contributed by atoms with E-state index in [2.05, 4.69) is 0 Å². The van der Waals surface area contributed by atoms with E-state index in [4.69, 9.17) is 17.3 Å². The van der Waals surface area contributed by atoms with Crippen LogP contribution in [0, 0.1) is 5.41 Å². The van der Waals surface area contributed by atoms with Gasteiger partial charge in [-0.3, -0.25) is 4.79 Å². The van der Waals surface area contributed by atoms with E-state index in [1.54, 1.807) is 0 Å². The van der Waals surface area contributed by atoms with Crippen LogP contribution in [-0.2, 0) is 11.2 Å². The van der Waals surface area contributed by atoms with Gasteiger partial charge in [0.25, 0.3) is 0 Å². The first-order valence-electron chi connectivity index (χ1n) is 7.18. The fraction of sp³-hybridized carbons (Fsp3) is 0.562. The average Bonchev–Trinajstić information content (AvgIpc) is 2.37. The Hall–Kier alpha value is -1.06. The van der Waals surface area contributed by atoms with Gasteiger partial charge in [0.05, 0.1) is 0 Å². The number of carbonyl (C=O) groups excluding carboxylic acids is 1. The van der Waals surface area contributed by atoms with Crippen LogP contribution in [0.2, 0.25) is 5.02 Å². The van der Waals surface area contributed by atoms with Gasteiger partial charge in [0.15, 0.2) is 0 Å². The molecule has 0 bridgehead atoms. The number of hydrogen-bond donors (Lipinski definition) is 1. The molecule has 1 aliphatic rings. The molecule has 3 nitrogen and oxygen atoms in total. The number of nitrogens with two attached hydrogens (primary N) is 1. The van der Waals surface area contributed by atoms with Gasteiger partial charge in [-0.2, -0.15) is 0 Å². The Morgan fingerprint density at radius 1 is 1.50 bits per heavy atom. The second kappa shape index (κ2) is 6.15. The number of amides is 1. The normalized spacial score (nSPS) is 20.0. The van der Waals surface area contributed by atoms with Crippen molar-refractivity contribution in [1.29, 1.82) is 0 Å². The molecule has 1 amide bonds. The van der Waals surface area contributed by atoms with Gasteiger partial charge in [0.2, 0.25) is 5.91 Å². The van der Waals surface area contributed by atoms with Crippen LogP contribution in [0.4, 0.5) is 0 Å². The minimum atomic E-state index is -0.429. The molecule has 1 heterocycles. The molecule has 1 fully saturated rings. The second-order valence-electron chi connectivity index (χ2n) is 6.34. The van der Waals surface area contributed by atoms with Crippen molar-refractivity contribution in [1.82, 2.24) is 4.90 Å². The molecule has 2 N–H and O–H groups in total. The Bertz CT molecular complexity index is 487. The van der Waals surface area contributed by atoms with E-state index in [-0.39, 0.29) is 11.9 Å². The Morgan fingerprint density at radius 2 is 2.25 bits per heavy atom. The predicted molar refractivity (Wildman–Crippen MR) is 82.7 cm³/mol. The molecular weight excluding hydrogens is 272 g/mol. The average molecular weight is 295 g/mol. The maximum atomic E-state index is 12.7. The van der Waals surface area contributed by atoms with Crippen molar-refractivity contribution in [3.8, 4) is 0 Å². The van der Waals surface area contributed by atoms with Crippen molar-refractivity contribution in [2.75, 3.05) is 13.1 Å². The summed E-state index contributed by atoms with van der Waals surface area (Å²) in [4.78, 5) is 14.6. The first-order chi connectivity index (χ1) is 9.38. The predicted octanol–water partition coefficient (Wildman–Crippen LogP) is 2.86. The van der Waals surface area contributed by atoms with E-state index < -0.39 is 5.41 Å². The first-order valence-corrected chi connectivity index (χ1v) is 7.56. The Morgan fingerprint density at radius 3 is 2.90 bits per heavy atom. The standard InChI is InChI=1S/C16H23ClN2O/c1-16(2,10-12-5-3-6-13(17)9-12)15(20)19-8-4-7-14(18)11-19/h3,5-6,9,14H,4,7-8,10-11,18H2,1-2H3. The first kappa shape index (κ1) is 15.3. The molecule has 0 radical (unpaired) electrons. The summed E-state index contributed by atoms with van der Waals surface area (Å²) in [5.74, 6) is 0.188. The lowest BCUT2D eigenvalue weighted by molar-refractivity contribution is -0.141. The van der Waals surface area contributed by atoms with Crippen molar-refractivity contribution in [3.63, 3.8) is 0 Å². The topological polar surface area (TPSA) is 46.3 Å². The van der Waals surface area contributed by atoms with Crippen LogP contribution in [0.3, 0.4) is 0 Å². The number of piperidine rings is 1. The molecule has 0 spiro atoms. The van der Waals surface area contributed by atoms with Gasteiger partial charge in [0.1, 0.15) is 0 Å². The van der Waals surface area contributed by atoms with Crippen molar-refractivity contribution in [3.05, 3.63) is 34.9 Å². The van der Waals surface area contributed by atoms with Gasteiger partial charge in [-0.15, -0.1) is 0 Å². The highest BCUT2D eigenvalue weighted by molar-refractivity contribution is 6.30. The molecule has 0 aliphatic carbocycles. The molecule has 1 aliphatic heterocycles. The van der Waals surface area contributed by atoms with Crippen LogP contribution < -0.4 is 5.73 Å². The molecule has 1 saturated heterocycles. The summed E-state index contributed by atoms with van der Waals surface area (Å²) >= 11 is 6.01. The second-order valence-corrected chi connectivity index (χ2v) is 6.78. The van der Waals surface area contributed by atoms with Gasteiger partial charge < -0.3 is 10.6 Å². The molecule has 1 unspecified atom stereocenters. The Balaban J connectivity index is 2.07. The summed E-state index contributed by atoms with van der Waals surface area (Å²) in [5.41, 5.74) is 6.63. The quantitative estimate of drug-likeness (QED) is 0.932. The Labute approximate surface area is 126 Å². The zero-order chi connectivity index (χ0) is 14.8. The van der Waals surface area contributed by atoms with E-state index in [1.165, 1.54) is 0 Å². The van der Waals surface area contributed by atoms with Gasteiger partial charge in [-0.1, -0.05) is 37.6 Å². The number of hydrogen-bond acceptors (Lipinski definition) is 2. The van der Waals surface area contributed by atoms with Gasteiger partial charge in [-0.25, -0.2) is 0 Å². The summed E-state index contributed by atoms with van der Waals surface area (Å²) < 4.78 is 0. The third kappa shape index (κ3) is 3.74. The fourth-order valence-corrected chi connectivity index (χ4v) is 3.07. The summed E-state index contributed by atoms with van der Waals surface area (Å²) in [6, 6.07) is 7.84. The molecule has 0 aromatic heterocycles. The molecular formula is C16H23ClN2O. The smallest absolute Gasteiger partial charge is 0.228 e. The molecule has 4 heteroatoms. The van der Waals surface area contributed by atoms with Gasteiger partial charge >= 0.3 is 0 Å². The Kier molecular flexibility index (Phi) is 4.71. The summed E-state index contributed by atoms with van der Waals surface area (Å²) in [6.07, 6.45) is 2.71.